The van der Waals surface area contributed by atoms with Crippen molar-refractivity contribution in [2.75, 3.05) is 19.4 Å². The fourth-order valence-corrected chi connectivity index (χ4v) is 2.00. The summed E-state index contributed by atoms with van der Waals surface area (Å²) in [5, 5.41) is 3.16. The molecule has 4 nitrogen and oxygen atoms in total. The smallest absolute Gasteiger partial charge is 0.227 e. The molecule has 0 atom stereocenters. The van der Waals surface area contributed by atoms with E-state index in [1.54, 1.807) is 26.2 Å². The van der Waals surface area contributed by atoms with Crippen LogP contribution < -0.4 is 5.32 Å². The number of nitrogens with zero attached hydrogens (tertiary/aromatic N) is 1. The number of rotatable bonds is 6. The summed E-state index contributed by atoms with van der Waals surface area (Å²) in [6.07, 6.45) is 1.63. The Hall–Kier alpha value is -2.88. The average Bonchev–Trinajstić information content (AvgIpc) is 2.56. The van der Waals surface area contributed by atoms with E-state index in [0.717, 1.165) is 5.69 Å². The fraction of sp³-hybridized carbons (Fsp3) is 0.158. The lowest BCUT2D eigenvalue weighted by molar-refractivity contribution is -0.127. The largest absolute Gasteiger partial charge is 0.358 e. The molecular formula is C19H20N2O2. The Kier molecular flexibility index (Phi) is 5.69. The van der Waals surface area contributed by atoms with E-state index in [1.807, 2.05) is 48.5 Å². The zero-order chi connectivity index (χ0) is 16.7. The highest BCUT2D eigenvalue weighted by molar-refractivity contribution is 6.05. The minimum Gasteiger partial charge on any atom is -0.358 e. The van der Waals surface area contributed by atoms with Gasteiger partial charge < -0.3 is 10.2 Å². The van der Waals surface area contributed by atoms with Crippen molar-refractivity contribution < 1.29 is 9.59 Å². The molecule has 0 aliphatic carbocycles. The highest BCUT2D eigenvalue weighted by Gasteiger charge is 2.11. The van der Waals surface area contributed by atoms with Gasteiger partial charge in [-0.15, -0.1) is 0 Å². The van der Waals surface area contributed by atoms with Gasteiger partial charge in [0.15, 0.2) is 5.78 Å². The van der Waals surface area contributed by atoms with Crippen molar-refractivity contribution in [1.29, 1.82) is 0 Å². The zero-order valence-corrected chi connectivity index (χ0v) is 13.3. The second-order valence-corrected chi connectivity index (χ2v) is 5.36. The van der Waals surface area contributed by atoms with Gasteiger partial charge in [-0.05, 0) is 12.1 Å². The van der Waals surface area contributed by atoms with Crippen LogP contribution in [0.4, 0.5) is 5.69 Å². The minimum absolute atomic E-state index is 0.0689. The summed E-state index contributed by atoms with van der Waals surface area (Å²) in [7, 11) is 3.39. The van der Waals surface area contributed by atoms with Crippen LogP contribution in [0.25, 0.3) is 0 Å². The molecule has 0 aliphatic rings. The lowest BCUT2D eigenvalue weighted by Gasteiger charge is -2.14. The molecule has 2 rings (SSSR count). The van der Waals surface area contributed by atoms with E-state index < -0.39 is 0 Å². The highest BCUT2D eigenvalue weighted by Crippen LogP contribution is 2.14. The summed E-state index contributed by atoms with van der Waals surface area (Å²) >= 11 is 0. The Labute approximate surface area is 136 Å². The summed E-state index contributed by atoms with van der Waals surface area (Å²) in [5.41, 5.74) is 2.01. The second-order valence-electron chi connectivity index (χ2n) is 5.36. The molecule has 0 saturated heterocycles. The highest BCUT2D eigenvalue weighted by atomic mass is 16.2. The van der Waals surface area contributed by atoms with Crippen LogP contribution in [0.1, 0.15) is 16.8 Å². The fourth-order valence-electron chi connectivity index (χ4n) is 2.00. The van der Waals surface area contributed by atoms with Crippen LogP contribution in [-0.4, -0.2) is 30.7 Å². The number of para-hydroxylation sites is 1. The standard InChI is InChI=1S/C19H20N2O2/c1-21(2)19(23)14-17(20-16-11-7-4-8-12-16)13-18(22)15-9-5-3-6-10-15/h3-13,20H,14H2,1-2H3/b17-13+. The van der Waals surface area contributed by atoms with Gasteiger partial charge in [0.1, 0.15) is 0 Å². The van der Waals surface area contributed by atoms with Crippen molar-refractivity contribution in [3.05, 3.63) is 78.0 Å². The van der Waals surface area contributed by atoms with E-state index in [0.29, 0.717) is 11.3 Å². The number of benzene rings is 2. The quantitative estimate of drug-likeness (QED) is 0.657. The Morgan fingerprint density at radius 3 is 2.09 bits per heavy atom. The maximum Gasteiger partial charge on any atom is 0.227 e. The lowest BCUT2D eigenvalue weighted by atomic mass is 10.1. The maximum atomic E-state index is 12.4. The number of carbonyl (C=O) groups excluding carboxylic acids is 2. The first kappa shape index (κ1) is 16.5. The number of nitrogens with one attached hydrogen (secondary N) is 1. The lowest BCUT2D eigenvalue weighted by Crippen LogP contribution is -2.23. The van der Waals surface area contributed by atoms with Gasteiger partial charge in [0.05, 0.1) is 6.42 Å². The van der Waals surface area contributed by atoms with Gasteiger partial charge in [-0.1, -0.05) is 48.5 Å². The van der Waals surface area contributed by atoms with E-state index in [9.17, 15) is 9.59 Å². The van der Waals surface area contributed by atoms with Crippen LogP contribution in [-0.2, 0) is 4.79 Å². The third-order valence-electron chi connectivity index (χ3n) is 3.28. The number of ketones is 1. The molecule has 2 aromatic carbocycles. The topological polar surface area (TPSA) is 49.4 Å². The predicted molar refractivity (Wildman–Crippen MR) is 92.2 cm³/mol. The Morgan fingerprint density at radius 2 is 1.52 bits per heavy atom. The molecular weight excluding hydrogens is 288 g/mol. The van der Waals surface area contributed by atoms with Crippen molar-refractivity contribution in [2.45, 2.75) is 6.42 Å². The molecule has 0 radical (unpaired) electrons. The molecule has 0 aliphatic heterocycles. The molecule has 4 heteroatoms. The summed E-state index contributed by atoms with van der Waals surface area (Å²) in [6, 6.07) is 18.5. The van der Waals surface area contributed by atoms with Crippen LogP contribution in [0.5, 0.6) is 0 Å². The molecule has 0 heterocycles. The first-order valence-corrected chi connectivity index (χ1v) is 7.38. The molecule has 1 N–H and O–H groups in total. The van der Waals surface area contributed by atoms with Gasteiger partial charge in [-0.3, -0.25) is 9.59 Å². The molecule has 0 aromatic heterocycles. The van der Waals surface area contributed by atoms with Crippen molar-refractivity contribution in [2.24, 2.45) is 0 Å². The molecule has 0 spiro atoms. The number of allylic oxidation sites excluding steroid dienone is 1. The van der Waals surface area contributed by atoms with Crippen LogP contribution in [0.2, 0.25) is 0 Å². The van der Waals surface area contributed by atoms with Gasteiger partial charge >= 0.3 is 0 Å². The Balaban J connectivity index is 2.23. The van der Waals surface area contributed by atoms with E-state index in [-0.39, 0.29) is 18.1 Å². The minimum atomic E-state index is -0.129. The molecule has 0 unspecified atom stereocenters. The van der Waals surface area contributed by atoms with Crippen molar-refractivity contribution in [3.8, 4) is 0 Å². The maximum absolute atomic E-state index is 12.4. The molecule has 23 heavy (non-hydrogen) atoms. The monoisotopic (exact) mass is 308 g/mol. The third kappa shape index (κ3) is 5.11. The van der Waals surface area contributed by atoms with Crippen LogP contribution in [0, 0.1) is 0 Å². The number of anilines is 1. The summed E-state index contributed by atoms with van der Waals surface area (Å²) < 4.78 is 0. The average molecular weight is 308 g/mol. The number of hydrogen-bond donors (Lipinski definition) is 1. The molecule has 0 saturated carbocycles. The van der Waals surface area contributed by atoms with E-state index in [4.69, 9.17) is 0 Å². The van der Waals surface area contributed by atoms with E-state index in [2.05, 4.69) is 5.32 Å². The van der Waals surface area contributed by atoms with Gasteiger partial charge in [0.2, 0.25) is 5.91 Å². The van der Waals surface area contributed by atoms with Crippen LogP contribution in [0.3, 0.4) is 0 Å². The van der Waals surface area contributed by atoms with Crippen molar-refractivity contribution >= 4 is 17.4 Å². The summed E-state index contributed by atoms with van der Waals surface area (Å²) in [4.78, 5) is 25.9. The van der Waals surface area contributed by atoms with Gasteiger partial charge in [0.25, 0.3) is 0 Å². The first-order valence-electron chi connectivity index (χ1n) is 7.38. The molecule has 118 valence electrons. The van der Waals surface area contributed by atoms with Crippen molar-refractivity contribution in [3.63, 3.8) is 0 Å². The number of amides is 1. The van der Waals surface area contributed by atoms with Crippen LogP contribution >= 0.6 is 0 Å². The number of hydrogen-bond acceptors (Lipinski definition) is 3. The second kappa shape index (κ2) is 7.94. The van der Waals surface area contributed by atoms with Crippen LogP contribution in [0.15, 0.2) is 72.4 Å². The normalized spacial score (nSPS) is 11.0. The predicted octanol–water partition coefficient (Wildman–Crippen LogP) is 3.34. The Bertz CT molecular complexity index is 692. The van der Waals surface area contributed by atoms with Gasteiger partial charge in [-0.25, -0.2) is 0 Å². The molecule has 2 aromatic rings. The zero-order valence-electron chi connectivity index (χ0n) is 13.3. The summed E-state index contributed by atoms with van der Waals surface area (Å²) in [5.74, 6) is -0.198. The first-order chi connectivity index (χ1) is 11.1. The number of carbonyl (C=O) groups is 2. The van der Waals surface area contributed by atoms with Crippen molar-refractivity contribution in [1.82, 2.24) is 4.90 Å². The van der Waals surface area contributed by atoms with Gasteiger partial charge in [0, 0.05) is 37.1 Å². The van der Waals surface area contributed by atoms with E-state index in [1.165, 1.54) is 11.0 Å². The molecule has 0 fully saturated rings. The van der Waals surface area contributed by atoms with Gasteiger partial charge in [-0.2, -0.15) is 0 Å². The molecule has 0 bridgehead atoms. The Morgan fingerprint density at radius 1 is 0.957 bits per heavy atom. The van der Waals surface area contributed by atoms with E-state index >= 15 is 0 Å². The SMILES string of the molecule is CN(C)C(=O)C/C(=C\C(=O)c1ccccc1)Nc1ccccc1. The third-order valence-corrected chi connectivity index (χ3v) is 3.28. The summed E-state index contributed by atoms with van der Waals surface area (Å²) in [6.45, 7) is 0. The molecule has 1 amide bonds.